The van der Waals surface area contributed by atoms with Crippen LogP contribution in [-0.4, -0.2) is 42.6 Å². The van der Waals surface area contributed by atoms with E-state index >= 15 is 0 Å². The quantitative estimate of drug-likeness (QED) is 0.846. The first-order valence-corrected chi connectivity index (χ1v) is 7.29. The summed E-state index contributed by atoms with van der Waals surface area (Å²) in [7, 11) is 1.73. The highest BCUT2D eigenvalue weighted by molar-refractivity contribution is 5.78. The van der Waals surface area contributed by atoms with Gasteiger partial charge >= 0.3 is 0 Å². The number of hydrogen-bond donors (Lipinski definition) is 0. The fourth-order valence-electron chi connectivity index (χ4n) is 2.97. The minimum Gasteiger partial charge on any atom is -0.384 e. The number of carbonyl (C=O) groups is 1. The minimum absolute atomic E-state index is 0.218. The second kappa shape index (κ2) is 6.84. The number of methoxy groups -OCH3 is 1. The van der Waals surface area contributed by atoms with E-state index in [9.17, 15) is 4.79 Å². The van der Waals surface area contributed by atoms with Gasteiger partial charge in [-0.25, -0.2) is 0 Å². The third-order valence-corrected chi connectivity index (χ3v) is 3.77. The first-order valence-electron chi connectivity index (χ1n) is 7.29. The van der Waals surface area contributed by atoms with Crippen LogP contribution in [0.1, 0.15) is 29.8 Å². The molecular weight excluding hydrogens is 252 g/mol. The number of hydrogen-bond acceptors (Lipinski definition) is 3. The van der Waals surface area contributed by atoms with Gasteiger partial charge in [0.05, 0.1) is 13.0 Å². The number of piperidine rings is 1. The van der Waals surface area contributed by atoms with Crippen molar-refractivity contribution >= 4 is 5.91 Å². The second-order valence-corrected chi connectivity index (χ2v) is 5.74. The van der Waals surface area contributed by atoms with Crippen molar-refractivity contribution in [2.24, 2.45) is 5.92 Å². The van der Waals surface area contributed by atoms with E-state index in [0.717, 1.165) is 49.5 Å². The summed E-state index contributed by atoms with van der Waals surface area (Å²) < 4.78 is 5.21. The first kappa shape index (κ1) is 15.0. The number of aromatic nitrogens is 1. The fraction of sp³-hybridized carbons (Fsp3) is 0.625. The van der Waals surface area contributed by atoms with Gasteiger partial charge < -0.3 is 9.64 Å². The highest BCUT2D eigenvalue weighted by Gasteiger charge is 2.23. The van der Waals surface area contributed by atoms with Gasteiger partial charge in [0.1, 0.15) is 0 Å². The normalized spacial score (nSPS) is 19.1. The summed E-state index contributed by atoms with van der Waals surface area (Å²) in [6, 6.07) is 4.00. The van der Waals surface area contributed by atoms with E-state index in [4.69, 9.17) is 4.74 Å². The van der Waals surface area contributed by atoms with Crippen LogP contribution in [0, 0.1) is 19.8 Å². The third kappa shape index (κ3) is 4.04. The Morgan fingerprint density at radius 1 is 1.40 bits per heavy atom. The topological polar surface area (TPSA) is 42.4 Å². The molecule has 1 aliphatic rings. The molecule has 20 heavy (non-hydrogen) atoms. The van der Waals surface area contributed by atoms with Crippen LogP contribution in [-0.2, 0) is 16.0 Å². The zero-order valence-corrected chi connectivity index (χ0v) is 12.7. The van der Waals surface area contributed by atoms with Crippen LogP contribution in [0.5, 0.6) is 0 Å². The summed E-state index contributed by atoms with van der Waals surface area (Å²) >= 11 is 0. The molecule has 2 heterocycles. The SMILES string of the molecule is COCC1CCCN(C(=O)Cc2cc(C)nc(C)c2)C1. The zero-order chi connectivity index (χ0) is 14.5. The van der Waals surface area contributed by atoms with Crippen molar-refractivity contribution in [2.75, 3.05) is 26.8 Å². The lowest BCUT2D eigenvalue weighted by Gasteiger charge is -2.32. The van der Waals surface area contributed by atoms with Crippen LogP contribution in [0.15, 0.2) is 12.1 Å². The molecule has 110 valence electrons. The van der Waals surface area contributed by atoms with Gasteiger partial charge in [-0.1, -0.05) is 0 Å². The van der Waals surface area contributed by atoms with E-state index in [0.29, 0.717) is 12.3 Å². The highest BCUT2D eigenvalue weighted by atomic mass is 16.5. The average molecular weight is 276 g/mol. The standard InChI is InChI=1S/C16H24N2O2/c1-12-7-15(8-13(2)17-12)9-16(19)18-6-4-5-14(10-18)11-20-3/h7-8,14H,4-6,9-11H2,1-3H3. The monoisotopic (exact) mass is 276 g/mol. The minimum atomic E-state index is 0.218. The molecule has 4 nitrogen and oxygen atoms in total. The molecule has 1 saturated heterocycles. The Hall–Kier alpha value is -1.42. The molecule has 1 atom stereocenters. The van der Waals surface area contributed by atoms with E-state index < -0.39 is 0 Å². The molecule has 0 radical (unpaired) electrons. The van der Waals surface area contributed by atoms with E-state index in [1.807, 2.05) is 30.9 Å². The fourth-order valence-corrected chi connectivity index (χ4v) is 2.97. The predicted octanol–water partition coefficient (Wildman–Crippen LogP) is 2.13. The van der Waals surface area contributed by atoms with Crippen molar-refractivity contribution in [2.45, 2.75) is 33.1 Å². The molecule has 1 amide bonds. The van der Waals surface area contributed by atoms with Crippen molar-refractivity contribution in [3.05, 3.63) is 29.1 Å². The lowest BCUT2D eigenvalue weighted by Crippen LogP contribution is -2.41. The van der Waals surface area contributed by atoms with Gasteiger partial charge in [0.25, 0.3) is 0 Å². The molecule has 0 bridgehead atoms. The smallest absolute Gasteiger partial charge is 0.227 e. The molecule has 1 unspecified atom stereocenters. The Morgan fingerprint density at radius 3 is 2.75 bits per heavy atom. The van der Waals surface area contributed by atoms with Crippen molar-refractivity contribution in [3.8, 4) is 0 Å². The number of likely N-dealkylation sites (tertiary alicyclic amines) is 1. The van der Waals surface area contributed by atoms with Crippen LogP contribution in [0.25, 0.3) is 0 Å². The van der Waals surface area contributed by atoms with Crippen LogP contribution in [0.3, 0.4) is 0 Å². The summed E-state index contributed by atoms with van der Waals surface area (Å²) in [4.78, 5) is 18.7. The van der Waals surface area contributed by atoms with Crippen molar-refractivity contribution < 1.29 is 9.53 Å². The summed E-state index contributed by atoms with van der Waals surface area (Å²) in [6.07, 6.45) is 2.71. The van der Waals surface area contributed by atoms with Crippen molar-refractivity contribution in [3.63, 3.8) is 0 Å². The summed E-state index contributed by atoms with van der Waals surface area (Å²) in [5.74, 6) is 0.703. The lowest BCUT2D eigenvalue weighted by atomic mass is 9.98. The summed E-state index contributed by atoms with van der Waals surface area (Å²) in [6.45, 7) is 6.39. The van der Waals surface area contributed by atoms with E-state index in [-0.39, 0.29) is 5.91 Å². The third-order valence-electron chi connectivity index (χ3n) is 3.77. The molecular formula is C16H24N2O2. The predicted molar refractivity (Wildman–Crippen MR) is 78.6 cm³/mol. The number of amides is 1. The molecule has 1 aliphatic heterocycles. The number of rotatable bonds is 4. The molecule has 0 aliphatic carbocycles. The molecule has 4 heteroatoms. The zero-order valence-electron chi connectivity index (χ0n) is 12.7. The highest BCUT2D eigenvalue weighted by Crippen LogP contribution is 2.18. The first-order chi connectivity index (χ1) is 9.58. The van der Waals surface area contributed by atoms with Crippen molar-refractivity contribution in [1.29, 1.82) is 0 Å². The molecule has 1 aromatic rings. The molecule has 0 saturated carbocycles. The van der Waals surface area contributed by atoms with Gasteiger partial charge in [-0.05, 0) is 50.3 Å². The number of nitrogens with zero attached hydrogens (tertiary/aromatic N) is 2. The Balaban J connectivity index is 1.97. The molecule has 1 fully saturated rings. The molecule has 2 rings (SSSR count). The van der Waals surface area contributed by atoms with Gasteiger partial charge in [-0.15, -0.1) is 0 Å². The summed E-state index contributed by atoms with van der Waals surface area (Å²) in [5.41, 5.74) is 3.02. The van der Waals surface area contributed by atoms with Gasteiger partial charge in [-0.3, -0.25) is 9.78 Å². The van der Waals surface area contributed by atoms with Crippen LogP contribution in [0.4, 0.5) is 0 Å². The van der Waals surface area contributed by atoms with Crippen LogP contribution < -0.4 is 0 Å². The maximum absolute atomic E-state index is 12.4. The number of carbonyl (C=O) groups excluding carboxylic acids is 1. The molecule has 0 spiro atoms. The summed E-state index contributed by atoms with van der Waals surface area (Å²) in [5, 5.41) is 0. The Labute approximate surface area is 121 Å². The van der Waals surface area contributed by atoms with Crippen LogP contribution >= 0.6 is 0 Å². The number of pyridine rings is 1. The van der Waals surface area contributed by atoms with Gasteiger partial charge in [-0.2, -0.15) is 0 Å². The van der Waals surface area contributed by atoms with Crippen molar-refractivity contribution in [1.82, 2.24) is 9.88 Å². The van der Waals surface area contributed by atoms with Crippen LogP contribution in [0.2, 0.25) is 0 Å². The maximum Gasteiger partial charge on any atom is 0.227 e. The van der Waals surface area contributed by atoms with Gasteiger partial charge in [0.15, 0.2) is 0 Å². The Morgan fingerprint density at radius 2 is 2.10 bits per heavy atom. The van der Waals surface area contributed by atoms with Gasteiger partial charge in [0.2, 0.25) is 5.91 Å². The maximum atomic E-state index is 12.4. The number of ether oxygens (including phenoxy) is 1. The van der Waals surface area contributed by atoms with E-state index in [1.165, 1.54) is 0 Å². The number of aryl methyl sites for hydroxylation is 2. The Kier molecular flexibility index (Phi) is 5.12. The lowest BCUT2D eigenvalue weighted by molar-refractivity contribution is -0.132. The van der Waals surface area contributed by atoms with E-state index in [2.05, 4.69) is 4.98 Å². The largest absolute Gasteiger partial charge is 0.384 e. The van der Waals surface area contributed by atoms with Gasteiger partial charge in [0, 0.05) is 31.6 Å². The van der Waals surface area contributed by atoms with E-state index in [1.54, 1.807) is 7.11 Å². The molecule has 0 aromatic carbocycles. The molecule has 0 N–H and O–H groups in total. The average Bonchev–Trinajstić information content (AvgIpc) is 2.38. The molecule has 1 aromatic heterocycles. The second-order valence-electron chi connectivity index (χ2n) is 5.74. The Bertz CT molecular complexity index is 451.